The summed E-state index contributed by atoms with van der Waals surface area (Å²) in [6.45, 7) is 1.78. The molecule has 0 saturated carbocycles. The van der Waals surface area contributed by atoms with Gasteiger partial charge in [-0.15, -0.1) is 11.8 Å². The first-order valence-corrected chi connectivity index (χ1v) is 9.37. The van der Waals surface area contributed by atoms with Crippen LogP contribution in [-0.4, -0.2) is 22.7 Å². The second-order valence-electron chi connectivity index (χ2n) is 6.06. The number of nitrogens with one attached hydrogen (secondary N) is 1. The van der Waals surface area contributed by atoms with Crippen molar-refractivity contribution in [1.29, 1.82) is 0 Å². The minimum atomic E-state index is -0.975. The molecule has 4 nitrogen and oxygen atoms in total. The van der Waals surface area contributed by atoms with E-state index in [4.69, 9.17) is 5.11 Å². The van der Waals surface area contributed by atoms with Crippen molar-refractivity contribution >= 4 is 40.1 Å². The van der Waals surface area contributed by atoms with Gasteiger partial charge < -0.3 is 10.4 Å². The van der Waals surface area contributed by atoms with Crippen LogP contribution >= 0.6 is 11.8 Å². The van der Waals surface area contributed by atoms with E-state index in [1.54, 1.807) is 30.8 Å². The van der Waals surface area contributed by atoms with Crippen molar-refractivity contribution in [3.63, 3.8) is 0 Å². The second kappa shape index (κ2) is 8.06. The van der Waals surface area contributed by atoms with Crippen LogP contribution in [0.1, 0.15) is 21.5 Å². The summed E-state index contributed by atoms with van der Waals surface area (Å²) in [6.07, 6.45) is 0. The highest BCUT2D eigenvalue weighted by atomic mass is 32.2. The van der Waals surface area contributed by atoms with E-state index in [-0.39, 0.29) is 11.5 Å². The standard InChI is InChI=1S/C21H19NO3S/c1-14-10-18(21(24)25)8-9-19(14)22-20(23)13-26-12-15-6-7-16-4-2-3-5-17(16)11-15/h2-11H,12-13H2,1H3,(H,22,23)(H,24,25). The molecule has 0 fully saturated rings. The maximum Gasteiger partial charge on any atom is 0.335 e. The molecule has 0 unspecified atom stereocenters. The molecule has 3 aromatic rings. The first kappa shape index (κ1) is 18.0. The van der Waals surface area contributed by atoms with Crippen molar-refractivity contribution < 1.29 is 14.7 Å². The van der Waals surface area contributed by atoms with Gasteiger partial charge in [0.2, 0.25) is 5.91 Å². The van der Waals surface area contributed by atoms with Gasteiger partial charge in [0, 0.05) is 11.4 Å². The number of carboxylic acid groups (broad SMARTS) is 1. The van der Waals surface area contributed by atoms with Gasteiger partial charge in [-0.25, -0.2) is 4.79 Å². The summed E-state index contributed by atoms with van der Waals surface area (Å²) >= 11 is 1.55. The largest absolute Gasteiger partial charge is 0.478 e. The quantitative estimate of drug-likeness (QED) is 0.663. The van der Waals surface area contributed by atoms with Gasteiger partial charge in [0.05, 0.1) is 11.3 Å². The van der Waals surface area contributed by atoms with E-state index in [0.717, 1.165) is 11.3 Å². The normalized spacial score (nSPS) is 10.7. The number of hydrogen-bond acceptors (Lipinski definition) is 3. The molecule has 26 heavy (non-hydrogen) atoms. The van der Waals surface area contributed by atoms with Crippen LogP contribution in [0, 0.1) is 6.92 Å². The average molecular weight is 365 g/mol. The first-order chi connectivity index (χ1) is 12.5. The zero-order valence-electron chi connectivity index (χ0n) is 14.4. The van der Waals surface area contributed by atoms with Gasteiger partial charge in [-0.2, -0.15) is 0 Å². The van der Waals surface area contributed by atoms with Crippen LogP contribution in [0.3, 0.4) is 0 Å². The third-order valence-corrected chi connectivity index (χ3v) is 5.07. The van der Waals surface area contributed by atoms with E-state index in [1.165, 1.54) is 22.4 Å². The van der Waals surface area contributed by atoms with Crippen molar-refractivity contribution in [3.8, 4) is 0 Å². The number of thioether (sulfide) groups is 1. The molecule has 0 heterocycles. The van der Waals surface area contributed by atoms with E-state index in [2.05, 4.69) is 35.6 Å². The molecule has 0 atom stereocenters. The lowest BCUT2D eigenvalue weighted by molar-refractivity contribution is -0.113. The summed E-state index contributed by atoms with van der Waals surface area (Å²) in [4.78, 5) is 23.1. The smallest absolute Gasteiger partial charge is 0.335 e. The topological polar surface area (TPSA) is 66.4 Å². The van der Waals surface area contributed by atoms with Crippen LogP contribution in [0.25, 0.3) is 10.8 Å². The zero-order valence-corrected chi connectivity index (χ0v) is 15.2. The zero-order chi connectivity index (χ0) is 18.5. The SMILES string of the molecule is Cc1cc(C(=O)O)ccc1NC(=O)CSCc1ccc2ccccc2c1. The minimum Gasteiger partial charge on any atom is -0.478 e. The number of hydrogen-bond donors (Lipinski definition) is 2. The maximum atomic E-state index is 12.1. The van der Waals surface area contributed by atoms with Gasteiger partial charge in [-0.3, -0.25) is 4.79 Å². The Balaban J connectivity index is 1.54. The lowest BCUT2D eigenvalue weighted by atomic mass is 10.1. The molecule has 132 valence electrons. The van der Waals surface area contributed by atoms with Gasteiger partial charge in [0.1, 0.15) is 0 Å². The molecule has 0 saturated heterocycles. The van der Waals surface area contributed by atoms with Gasteiger partial charge in [-0.1, -0.05) is 42.5 Å². The maximum absolute atomic E-state index is 12.1. The number of benzene rings is 3. The second-order valence-corrected chi connectivity index (χ2v) is 7.04. The number of carbonyl (C=O) groups is 2. The number of fused-ring (bicyclic) bond motifs is 1. The fraction of sp³-hybridized carbons (Fsp3) is 0.143. The number of rotatable bonds is 6. The third-order valence-electron chi connectivity index (χ3n) is 4.06. The van der Waals surface area contributed by atoms with Crippen LogP contribution in [-0.2, 0) is 10.5 Å². The van der Waals surface area contributed by atoms with Gasteiger partial charge >= 0.3 is 5.97 Å². The third kappa shape index (κ3) is 4.43. The predicted molar refractivity (Wildman–Crippen MR) is 107 cm³/mol. The van der Waals surface area contributed by atoms with E-state index < -0.39 is 5.97 Å². The van der Waals surface area contributed by atoms with Gasteiger partial charge in [0.15, 0.2) is 0 Å². The molecular weight excluding hydrogens is 346 g/mol. The van der Waals surface area contributed by atoms with Crippen LogP contribution < -0.4 is 5.32 Å². The predicted octanol–water partition coefficient (Wildman–Crippen LogP) is 4.72. The highest BCUT2D eigenvalue weighted by molar-refractivity contribution is 7.99. The molecule has 0 bridgehead atoms. The van der Waals surface area contributed by atoms with E-state index in [9.17, 15) is 9.59 Å². The van der Waals surface area contributed by atoms with Crippen LogP contribution in [0.2, 0.25) is 0 Å². The number of anilines is 1. The van der Waals surface area contributed by atoms with Crippen LogP contribution in [0.4, 0.5) is 5.69 Å². The van der Waals surface area contributed by atoms with Crippen molar-refractivity contribution in [2.75, 3.05) is 11.1 Å². The van der Waals surface area contributed by atoms with Gasteiger partial charge in [-0.05, 0) is 47.0 Å². The Kier molecular flexibility index (Phi) is 5.58. The Bertz CT molecular complexity index is 968. The minimum absolute atomic E-state index is 0.0954. The lowest BCUT2D eigenvalue weighted by Gasteiger charge is -2.09. The Morgan fingerprint density at radius 2 is 1.77 bits per heavy atom. The number of aryl methyl sites for hydroxylation is 1. The van der Waals surface area contributed by atoms with E-state index >= 15 is 0 Å². The van der Waals surface area contributed by atoms with Crippen molar-refractivity contribution in [3.05, 3.63) is 77.4 Å². The number of carboxylic acids is 1. The highest BCUT2D eigenvalue weighted by Crippen LogP contribution is 2.20. The number of aromatic carboxylic acids is 1. The summed E-state index contributed by atoms with van der Waals surface area (Å²) in [6, 6.07) is 19.2. The summed E-state index contributed by atoms with van der Waals surface area (Å²) < 4.78 is 0. The summed E-state index contributed by atoms with van der Waals surface area (Å²) in [5.74, 6) is 0.0289. The molecule has 0 aliphatic rings. The molecule has 0 radical (unpaired) electrons. The molecule has 1 amide bonds. The molecular formula is C21H19NO3S. The van der Waals surface area contributed by atoms with Gasteiger partial charge in [0.25, 0.3) is 0 Å². The molecule has 0 aliphatic heterocycles. The summed E-state index contributed by atoms with van der Waals surface area (Å²) in [7, 11) is 0. The summed E-state index contributed by atoms with van der Waals surface area (Å²) in [5, 5.41) is 14.2. The number of carbonyl (C=O) groups excluding carboxylic acids is 1. The van der Waals surface area contributed by atoms with Crippen molar-refractivity contribution in [1.82, 2.24) is 0 Å². The number of amides is 1. The van der Waals surface area contributed by atoms with Crippen molar-refractivity contribution in [2.45, 2.75) is 12.7 Å². The Morgan fingerprint density at radius 1 is 1.00 bits per heavy atom. The van der Waals surface area contributed by atoms with E-state index in [1.807, 2.05) is 12.1 Å². The fourth-order valence-corrected chi connectivity index (χ4v) is 3.49. The molecule has 2 N–H and O–H groups in total. The molecule has 0 aliphatic carbocycles. The average Bonchev–Trinajstić information content (AvgIpc) is 2.63. The summed E-state index contributed by atoms with van der Waals surface area (Å²) in [5.41, 5.74) is 2.78. The highest BCUT2D eigenvalue weighted by Gasteiger charge is 2.09. The molecule has 0 spiro atoms. The molecule has 3 aromatic carbocycles. The monoisotopic (exact) mass is 365 g/mol. The molecule has 0 aromatic heterocycles. The Hall–Kier alpha value is -2.79. The van der Waals surface area contributed by atoms with E-state index in [0.29, 0.717) is 11.4 Å². The van der Waals surface area contributed by atoms with Crippen LogP contribution in [0.15, 0.2) is 60.7 Å². The fourth-order valence-electron chi connectivity index (χ4n) is 2.71. The van der Waals surface area contributed by atoms with Crippen molar-refractivity contribution in [2.24, 2.45) is 0 Å². The first-order valence-electron chi connectivity index (χ1n) is 8.22. The Morgan fingerprint density at radius 3 is 2.50 bits per heavy atom. The molecule has 5 heteroatoms. The molecule has 3 rings (SSSR count). The van der Waals surface area contributed by atoms with Crippen LogP contribution in [0.5, 0.6) is 0 Å². The Labute approximate surface area is 156 Å². The lowest BCUT2D eigenvalue weighted by Crippen LogP contribution is -2.15.